The maximum absolute atomic E-state index is 10.1. The lowest BCUT2D eigenvalue weighted by atomic mass is 10.2. The summed E-state index contributed by atoms with van der Waals surface area (Å²) in [5.74, 6) is 0. The Morgan fingerprint density at radius 3 is 1.04 bits per heavy atom. The zero-order valence-corrected chi connectivity index (χ0v) is 16.8. The Hall–Kier alpha value is -0.240. The zero-order valence-electron chi connectivity index (χ0n) is 16.8. The average Bonchev–Trinajstić information content (AvgIpc) is 2.42. The Morgan fingerprint density at radius 1 is 0.542 bits per heavy atom. The first-order chi connectivity index (χ1) is 11.0. The number of rotatable bonds is 13. The standard InChI is InChI=1S/C18H41N3O3/c1-14(2)20(12-16(5)22)10-8-19(18(7)24)9-11-21(15(3)4)13-17(6)23/h14-18,22-24H,8-13H2,1-7H3. The smallest absolute Gasteiger partial charge is 0.104 e. The normalized spacial score (nSPS) is 16.6. The number of hydrogen-bond donors (Lipinski definition) is 3. The largest absolute Gasteiger partial charge is 0.392 e. The molecule has 0 saturated carbocycles. The van der Waals surface area contributed by atoms with Gasteiger partial charge in [0, 0.05) is 51.4 Å². The molecular weight excluding hydrogens is 306 g/mol. The molecule has 6 heteroatoms. The summed E-state index contributed by atoms with van der Waals surface area (Å²) >= 11 is 0. The van der Waals surface area contributed by atoms with Crippen molar-refractivity contribution in [3.8, 4) is 0 Å². The van der Waals surface area contributed by atoms with Gasteiger partial charge in [0.1, 0.15) is 6.23 Å². The predicted molar refractivity (Wildman–Crippen MR) is 100 cm³/mol. The van der Waals surface area contributed by atoms with Gasteiger partial charge in [0.05, 0.1) is 12.2 Å². The van der Waals surface area contributed by atoms with Crippen molar-refractivity contribution < 1.29 is 15.3 Å². The topological polar surface area (TPSA) is 70.4 Å². The van der Waals surface area contributed by atoms with Gasteiger partial charge in [0.2, 0.25) is 0 Å². The van der Waals surface area contributed by atoms with E-state index in [1.165, 1.54) is 0 Å². The van der Waals surface area contributed by atoms with Crippen LogP contribution in [-0.2, 0) is 0 Å². The van der Waals surface area contributed by atoms with Gasteiger partial charge in [-0.2, -0.15) is 0 Å². The maximum atomic E-state index is 10.1. The molecule has 3 unspecified atom stereocenters. The van der Waals surface area contributed by atoms with E-state index in [4.69, 9.17) is 0 Å². The van der Waals surface area contributed by atoms with E-state index in [0.29, 0.717) is 25.2 Å². The predicted octanol–water partition coefficient (Wildman–Crippen LogP) is 0.809. The van der Waals surface area contributed by atoms with Crippen LogP contribution in [0.15, 0.2) is 0 Å². The van der Waals surface area contributed by atoms with E-state index in [1.807, 2.05) is 0 Å². The molecule has 0 spiro atoms. The highest BCUT2D eigenvalue weighted by Gasteiger charge is 2.18. The lowest BCUT2D eigenvalue weighted by molar-refractivity contribution is -0.00307. The van der Waals surface area contributed by atoms with E-state index in [9.17, 15) is 15.3 Å². The second-order valence-electron chi connectivity index (χ2n) is 7.54. The van der Waals surface area contributed by atoms with E-state index in [1.54, 1.807) is 20.8 Å². The molecule has 0 aliphatic rings. The molecule has 0 rings (SSSR count). The lowest BCUT2D eigenvalue weighted by Crippen LogP contribution is -2.47. The minimum atomic E-state index is -0.508. The van der Waals surface area contributed by atoms with Gasteiger partial charge >= 0.3 is 0 Å². The molecule has 6 nitrogen and oxygen atoms in total. The van der Waals surface area contributed by atoms with Gasteiger partial charge in [-0.1, -0.05) is 0 Å². The summed E-state index contributed by atoms with van der Waals surface area (Å²) in [6, 6.07) is 0.718. The minimum absolute atomic E-state index is 0.352. The highest BCUT2D eigenvalue weighted by Crippen LogP contribution is 2.05. The second-order valence-corrected chi connectivity index (χ2v) is 7.54. The summed E-state index contributed by atoms with van der Waals surface area (Å²) in [5.41, 5.74) is 0. The van der Waals surface area contributed by atoms with Crippen LogP contribution in [-0.4, -0.2) is 99.8 Å². The van der Waals surface area contributed by atoms with Gasteiger partial charge < -0.3 is 15.3 Å². The quantitative estimate of drug-likeness (QED) is 0.428. The average molecular weight is 348 g/mol. The Bertz CT molecular complexity index is 284. The highest BCUT2D eigenvalue weighted by molar-refractivity contribution is 4.72. The maximum Gasteiger partial charge on any atom is 0.104 e. The fourth-order valence-corrected chi connectivity index (χ4v) is 2.80. The van der Waals surface area contributed by atoms with Crippen LogP contribution in [0.4, 0.5) is 0 Å². The van der Waals surface area contributed by atoms with Crippen molar-refractivity contribution in [1.29, 1.82) is 0 Å². The van der Waals surface area contributed by atoms with Gasteiger partial charge in [0.25, 0.3) is 0 Å². The van der Waals surface area contributed by atoms with E-state index in [-0.39, 0.29) is 12.2 Å². The van der Waals surface area contributed by atoms with Gasteiger partial charge in [-0.25, -0.2) is 0 Å². The van der Waals surface area contributed by atoms with E-state index < -0.39 is 6.23 Å². The Kier molecular flexibility index (Phi) is 12.0. The van der Waals surface area contributed by atoms with Gasteiger partial charge in [-0.05, 0) is 48.5 Å². The van der Waals surface area contributed by atoms with Crippen molar-refractivity contribution in [1.82, 2.24) is 14.7 Å². The summed E-state index contributed by atoms with van der Waals surface area (Å²) in [4.78, 5) is 6.51. The molecule has 0 aromatic carbocycles. The number of nitrogens with zero attached hydrogens (tertiary/aromatic N) is 3. The summed E-state index contributed by atoms with van der Waals surface area (Å²) in [5, 5.41) is 29.3. The van der Waals surface area contributed by atoms with Crippen LogP contribution >= 0.6 is 0 Å². The lowest BCUT2D eigenvalue weighted by Gasteiger charge is -2.34. The molecule has 3 N–H and O–H groups in total. The summed E-state index contributed by atoms with van der Waals surface area (Å²) in [6.45, 7) is 18.3. The van der Waals surface area contributed by atoms with Crippen LogP contribution in [0.3, 0.4) is 0 Å². The van der Waals surface area contributed by atoms with Crippen molar-refractivity contribution in [3.63, 3.8) is 0 Å². The summed E-state index contributed by atoms with van der Waals surface area (Å²) < 4.78 is 0. The summed E-state index contributed by atoms with van der Waals surface area (Å²) in [6.07, 6.45) is -1.21. The van der Waals surface area contributed by atoms with E-state index in [0.717, 1.165) is 26.2 Å². The Balaban J connectivity index is 4.57. The van der Waals surface area contributed by atoms with Gasteiger partial charge in [0.15, 0.2) is 0 Å². The molecule has 146 valence electrons. The Labute approximate surface area is 149 Å². The second kappa shape index (κ2) is 12.2. The third-order valence-electron chi connectivity index (χ3n) is 4.34. The molecule has 3 atom stereocenters. The molecule has 0 radical (unpaired) electrons. The van der Waals surface area contributed by atoms with E-state index >= 15 is 0 Å². The van der Waals surface area contributed by atoms with Crippen molar-refractivity contribution in [2.45, 2.75) is 79.0 Å². The van der Waals surface area contributed by atoms with Crippen LogP contribution in [0.2, 0.25) is 0 Å². The third-order valence-corrected chi connectivity index (χ3v) is 4.34. The fourth-order valence-electron chi connectivity index (χ4n) is 2.80. The molecule has 0 bridgehead atoms. The van der Waals surface area contributed by atoms with Crippen molar-refractivity contribution >= 4 is 0 Å². The molecule has 0 saturated heterocycles. The first-order valence-corrected chi connectivity index (χ1v) is 9.30. The van der Waals surface area contributed by atoms with Crippen LogP contribution in [0.25, 0.3) is 0 Å². The van der Waals surface area contributed by atoms with Crippen LogP contribution in [0.1, 0.15) is 48.5 Å². The molecule has 0 aliphatic carbocycles. The first kappa shape index (κ1) is 23.8. The van der Waals surface area contributed by atoms with Crippen molar-refractivity contribution in [2.24, 2.45) is 0 Å². The SMILES string of the molecule is CC(O)CN(CCN(CCN(CC(C)O)C(C)C)C(C)O)C(C)C. The molecule has 0 fully saturated rings. The molecule has 0 aromatic rings. The summed E-state index contributed by atoms with van der Waals surface area (Å²) in [7, 11) is 0. The molecule has 0 aliphatic heterocycles. The van der Waals surface area contributed by atoms with E-state index in [2.05, 4.69) is 42.4 Å². The molecule has 0 heterocycles. The fraction of sp³-hybridized carbons (Fsp3) is 1.00. The van der Waals surface area contributed by atoms with Crippen molar-refractivity contribution in [2.75, 3.05) is 39.3 Å². The minimum Gasteiger partial charge on any atom is -0.392 e. The highest BCUT2D eigenvalue weighted by atomic mass is 16.3. The van der Waals surface area contributed by atoms with Crippen molar-refractivity contribution in [3.05, 3.63) is 0 Å². The molecular formula is C18H41N3O3. The number of aliphatic hydroxyl groups is 3. The van der Waals surface area contributed by atoms with Crippen LogP contribution < -0.4 is 0 Å². The van der Waals surface area contributed by atoms with Crippen LogP contribution in [0.5, 0.6) is 0 Å². The zero-order chi connectivity index (χ0) is 18.9. The monoisotopic (exact) mass is 347 g/mol. The molecule has 24 heavy (non-hydrogen) atoms. The van der Waals surface area contributed by atoms with Gasteiger partial charge in [-0.3, -0.25) is 14.7 Å². The van der Waals surface area contributed by atoms with Crippen LogP contribution in [0, 0.1) is 0 Å². The van der Waals surface area contributed by atoms with Gasteiger partial charge in [-0.15, -0.1) is 0 Å². The number of aliphatic hydroxyl groups excluding tert-OH is 3. The molecule has 0 aromatic heterocycles. The Morgan fingerprint density at radius 2 is 0.833 bits per heavy atom. The number of hydrogen-bond acceptors (Lipinski definition) is 6. The third kappa shape index (κ3) is 10.6. The molecule has 0 amide bonds. The first-order valence-electron chi connectivity index (χ1n) is 9.30.